The number of nitro benzene ring substituents is 1. The van der Waals surface area contributed by atoms with Crippen LogP contribution in [-0.2, 0) is 0 Å². The minimum atomic E-state index is -0.385. The summed E-state index contributed by atoms with van der Waals surface area (Å²) in [7, 11) is 0. The molecule has 2 aromatic rings. The normalized spacial score (nSPS) is 11.4. The summed E-state index contributed by atoms with van der Waals surface area (Å²) in [5.74, 6) is 0. The van der Waals surface area contributed by atoms with Crippen molar-refractivity contribution in [2.75, 3.05) is 0 Å². The van der Waals surface area contributed by atoms with Crippen LogP contribution in [0.15, 0.2) is 41.7 Å². The zero-order chi connectivity index (χ0) is 14.7. The molecular weight excluding hydrogens is 254 g/mol. The number of benzene rings is 1. The van der Waals surface area contributed by atoms with Crippen LogP contribution in [0.3, 0.4) is 0 Å². The summed E-state index contributed by atoms with van der Waals surface area (Å²) in [4.78, 5) is 14.8. The fourth-order valence-electron chi connectivity index (χ4n) is 1.85. The third-order valence-corrected chi connectivity index (χ3v) is 3.09. The average Bonchev–Trinajstić information content (AvgIpc) is 2.86. The maximum atomic E-state index is 10.9. The standard InChI is InChI=1S/C15H17N3O2/c1-11(2)17-7-6-13(10-17)9-16-14-5-4-12(3)15(8-14)18(19)20/h4-11H,1-3H3. The monoisotopic (exact) mass is 271 g/mol. The molecule has 0 bridgehead atoms. The van der Waals surface area contributed by atoms with E-state index in [1.54, 1.807) is 25.3 Å². The molecule has 5 nitrogen and oxygen atoms in total. The van der Waals surface area contributed by atoms with Crippen molar-refractivity contribution < 1.29 is 4.92 Å². The Morgan fingerprint density at radius 3 is 2.70 bits per heavy atom. The molecule has 0 aliphatic heterocycles. The molecule has 0 spiro atoms. The van der Waals surface area contributed by atoms with Crippen LogP contribution in [0.1, 0.15) is 31.0 Å². The molecule has 0 N–H and O–H groups in total. The first kappa shape index (κ1) is 14.0. The summed E-state index contributed by atoms with van der Waals surface area (Å²) in [5, 5.41) is 10.9. The van der Waals surface area contributed by atoms with E-state index in [1.165, 1.54) is 6.07 Å². The Hall–Kier alpha value is -2.43. The Balaban J connectivity index is 2.22. The Labute approximate surface area is 117 Å². The van der Waals surface area contributed by atoms with Gasteiger partial charge in [0, 0.05) is 41.8 Å². The molecule has 1 heterocycles. The third-order valence-electron chi connectivity index (χ3n) is 3.09. The van der Waals surface area contributed by atoms with Gasteiger partial charge in [0.1, 0.15) is 0 Å². The first-order chi connectivity index (χ1) is 9.47. The molecule has 0 saturated heterocycles. The van der Waals surface area contributed by atoms with E-state index in [-0.39, 0.29) is 10.6 Å². The highest BCUT2D eigenvalue weighted by atomic mass is 16.6. The number of nitrogens with zero attached hydrogens (tertiary/aromatic N) is 3. The molecule has 0 radical (unpaired) electrons. The van der Waals surface area contributed by atoms with E-state index in [1.807, 2.05) is 18.5 Å². The lowest BCUT2D eigenvalue weighted by Crippen LogP contribution is -1.95. The molecule has 0 atom stereocenters. The van der Waals surface area contributed by atoms with Gasteiger partial charge >= 0.3 is 0 Å². The molecule has 1 aromatic carbocycles. The van der Waals surface area contributed by atoms with Gasteiger partial charge in [0.25, 0.3) is 5.69 Å². The number of nitro groups is 1. The molecule has 2 rings (SSSR count). The number of aromatic nitrogens is 1. The van der Waals surface area contributed by atoms with Gasteiger partial charge in [-0.3, -0.25) is 15.1 Å². The zero-order valence-electron chi connectivity index (χ0n) is 11.8. The van der Waals surface area contributed by atoms with Crippen molar-refractivity contribution in [3.05, 3.63) is 57.9 Å². The van der Waals surface area contributed by atoms with Crippen LogP contribution in [0.4, 0.5) is 11.4 Å². The minimum Gasteiger partial charge on any atom is -0.351 e. The van der Waals surface area contributed by atoms with Crippen molar-refractivity contribution in [3.63, 3.8) is 0 Å². The van der Waals surface area contributed by atoms with Crippen LogP contribution in [0.5, 0.6) is 0 Å². The fraction of sp³-hybridized carbons (Fsp3) is 0.267. The SMILES string of the molecule is Cc1ccc(N=Cc2ccn(C(C)C)c2)cc1[N+](=O)[O-]. The van der Waals surface area contributed by atoms with Crippen LogP contribution in [0.2, 0.25) is 0 Å². The van der Waals surface area contributed by atoms with Crippen LogP contribution < -0.4 is 0 Å². The van der Waals surface area contributed by atoms with E-state index in [9.17, 15) is 10.1 Å². The van der Waals surface area contributed by atoms with E-state index in [2.05, 4.69) is 23.4 Å². The van der Waals surface area contributed by atoms with E-state index >= 15 is 0 Å². The molecule has 0 aliphatic rings. The molecule has 0 unspecified atom stereocenters. The van der Waals surface area contributed by atoms with Gasteiger partial charge in [-0.15, -0.1) is 0 Å². The second-order valence-corrected chi connectivity index (χ2v) is 4.97. The third kappa shape index (κ3) is 3.12. The van der Waals surface area contributed by atoms with Gasteiger partial charge in [0.15, 0.2) is 0 Å². The van der Waals surface area contributed by atoms with E-state index in [4.69, 9.17) is 0 Å². The quantitative estimate of drug-likeness (QED) is 0.478. The van der Waals surface area contributed by atoms with Crippen LogP contribution >= 0.6 is 0 Å². The van der Waals surface area contributed by atoms with Crippen LogP contribution in [-0.4, -0.2) is 15.7 Å². The lowest BCUT2D eigenvalue weighted by Gasteiger charge is -2.04. The Kier molecular flexibility index (Phi) is 3.98. The predicted octanol–water partition coefficient (Wildman–Crippen LogP) is 4.04. The van der Waals surface area contributed by atoms with Crippen LogP contribution in [0.25, 0.3) is 0 Å². The van der Waals surface area contributed by atoms with Crippen molar-refractivity contribution in [1.29, 1.82) is 0 Å². The van der Waals surface area contributed by atoms with Gasteiger partial charge in [-0.05, 0) is 32.9 Å². The summed E-state index contributed by atoms with van der Waals surface area (Å²) < 4.78 is 2.08. The molecule has 0 fully saturated rings. The number of hydrogen-bond acceptors (Lipinski definition) is 3. The summed E-state index contributed by atoms with van der Waals surface area (Å²) in [6.07, 6.45) is 5.70. The second-order valence-electron chi connectivity index (χ2n) is 4.97. The van der Waals surface area contributed by atoms with Gasteiger partial charge < -0.3 is 4.57 Å². The fourth-order valence-corrected chi connectivity index (χ4v) is 1.85. The number of rotatable bonds is 4. The number of aliphatic imine (C=N–C) groups is 1. The van der Waals surface area contributed by atoms with E-state index in [0.29, 0.717) is 17.3 Å². The molecule has 0 saturated carbocycles. The molecule has 1 aromatic heterocycles. The van der Waals surface area contributed by atoms with Crippen molar-refractivity contribution in [2.24, 2.45) is 4.99 Å². The number of aryl methyl sites for hydroxylation is 1. The topological polar surface area (TPSA) is 60.4 Å². The minimum absolute atomic E-state index is 0.0967. The lowest BCUT2D eigenvalue weighted by atomic mass is 10.2. The second kappa shape index (κ2) is 5.69. The summed E-state index contributed by atoms with van der Waals surface area (Å²) >= 11 is 0. The zero-order valence-corrected chi connectivity index (χ0v) is 11.8. The highest BCUT2D eigenvalue weighted by Gasteiger charge is 2.10. The Bertz CT molecular complexity index is 657. The van der Waals surface area contributed by atoms with Crippen molar-refractivity contribution in [3.8, 4) is 0 Å². The highest BCUT2D eigenvalue weighted by molar-refractivity contribution is 5.81. The summed E-state index contributed by atoms with van der Waals surface area (Å²) in [6.45, 7) is 5.92. The molecule has 20 heavy (non-hydrogen) atoms. The predicted molar refractivity (Wildman–Crippen MR) is 79.9 cm³/mol. The smallest absolute Gasteiger partial charge is 0.274 e. The van der Waals surface area contributed by atoms with Gasteiger partial charge in [-0.2, -0.15) is 0 Å². The highest BCUT2D eigenvalue weighted by Crippen LogP contribution is 2.24. The van der Waals surface area contributed by atoms with E-state index < -0.39 is 0 Å². The van der Waals surface area contributed by atoms with E-state index in [0.717, 1.165) is 5.56 Å². The molecule has 5 heteroatoms. The van der Waals surface area contributed by atoms with Gasteiger partial charge in [-0.1, -0.05) is 6.07 Å². The Morgan fingerprint density at radius 1 is 1.35 bits per heavy atom. The van der Waals surface area contributed by atoms with Gasteiger partial charge in [0.2, 0.25) is 0 Å². The maximum Gasteiger partial charge on any atom is 0.274 e. The molecule has 104 valence electrons. The maximum absolute atomic E-state index is 10.9. The molecular formula is C15H17N3O2. The number of hydrogen-bond donors (Lipinski definition) is 0. The van der Waals surface area contributed by atoms with Gasteiger partial charge in [0.05, 0.1) is 10.6 Å². The average molecular weight is 271 g/mol. The van der Waals surface area contributed by atoms with Crippen molar-refractivity contribution >= 4 is 17.6 Å². The first-order valence-corrected chi connectivity index (χ1v) is 6.44. The molecule has 0 amide bonds. The Morgan fingerprint density at radius 2 is 2.10 bits per heavy atom. The molecule has 0 aliphatic carbocycles. The first-order valence-electron chi connectivity index (χ1n) is 6.44. The summed E-state index contributed by atoms with van der Waals surface area (Å²) in [6, 6.07) is 7.34. The largest absolute Gasteiger partial charge is 0.351 e. The van der Waals surface area contributed by atoms with Gasteiger partial charge in [-0.25, -0.2) is 0 Å². The van der Waals surface area contributed by atoms with Crippen molar-refractivity contribution in [2.45, 2.75) is 26.8 Å². The van der Waals surface area contributed by atoms with Crippen LogP contribution in [0, 0.1) is 17.0 Å². The van der Waals surface area contributed by atoms with Crippen molar-refractivity contribution in [1.82, 2.24) is 4.57 Å². The lowest BCUT2D eigenvalue weighted by molar-refractivity contribution is -0.385. The summed E-state index contributed by atoms with van der Waals surface area (Å²) in [5.41, 5.74) is 2.29.